The maximum Gasteiger partial charge on any atom is 0.165 e. The van der Waals surface area contributed by atoms with Gasteiger partial charge in [-0.1, -0.05) is 53.9 Å². The summed E-state index contributed by atoms with van der Waals surface area (Å²) in [7, 11) is 0. The number of rotatable bonds is 5. The zero-order valence-corrected chi connectivity index (χ0v) is 13.9. The van der Waals surface area contributed by atoms with Crippen molar-refractivity contribution in [2.24, 2.45) is 0 Å². The fourth-order valence-corrected chi connectivity index (χ4v) is 3.57. The smallest absolute Gasteiger partial charge is 0.165 e. The van der Waals surface area contributed by atoms with Gasteiger partial charge in [0.25, 0.3) is 0 Å². The minimum atomic E-state index is 0.247. The predicted molar refractivity (Wildman–Crippen MR) is 87.2 cm³/mol. The summed E-state index contributed by atoms with van der Waals surface area (Å²) in [5.41, 5.74) is 0.815. The van der Waals surface area contributed by atoms with E-state index in [0.717, 1.165) is 23.1 Å². The maximum absolute atomic E-state index is 12.3. The number of nitrogens with zero attached hydrogens (tertiary/aromatic N) is 1. The second-order valence-corrected chi connectivity index (χ2v) is 6.45. The van der Waals surface area contributed by atoms with Crippen LogP contribution in [0.2, 0.25) is 0 Å². The highest BCUT2D eigenvalue weighted by Gasteiger charge is 2.20. The molecule has 1 atom stereocenters. The van der Waals surface area contributed by atoms with Crippen molar-refractivity contribution in [3.8, 4) is 0 Å². The lowest BCUT2D eigenvalue weighted by Crippen LogP contribution is -2.36. The molecule has 0 N–H and O–H groups in total. The molecule has 0 saturated carbocycles. The highest BCUT2D eigenvalue weighted by Crippen LogP contribution is 2.21. The van der Waals surface area contributed by atoms with E-state index in [4.69, 9.17) is 0 Å². The molecule has 1 unspecified atom stereocenters. The summed E-state index contributed by atoms with van der Waals surface area (Å²) in [4.78, 5) is 14.9. The number of halogens is 1. The molecule has 20 heavy (non-hydrogen) atoms. The third-order valence-corrected chi connectivity index (χ3v) is 4.96. The molecule has 1 aliphatic rings. The van der Waals surface area contributed by atoms with Crippen LogP contribution in [0, 0.1) is 0 Å². The molecule has 2 nitrogen and oxygen atoms in total. The molecule has 0 bridgehead atoms. The molecule has 1 fully saturated rings. The minimum absolute atomic E-state index is 0.247. The number of Topliss-reactive ketones (excluding diaryl/α,β-unsaturated/α-hetero) is 1. The maximum atomic E-state index is 12.3. The topological polar surface area (TPSA) is 20.3 Å². The van der Waals surface area contributed by atoms with Gasteiger partial charge in [-0.25, -0.2) is 0 Å². The molecule has 1 heterocycles. The van der Waals surface area contributed by atoms with E-state index < -0.39 is 0 Å². The van der Waals surface area contributed by atoms with E-state index in [1.807, 2.05) is 24.3 Å². The van der Waals surface area contributed by atoms with Gasteiger partial charge in [0.1, 0.15) is 0 Å². The van der Waals surface area contributed by atoms with Gasteiger partial charge in [0.2, 0.25) is 0 Å². The normalized spacial score (nSPS) is 20.6. The van der Waals surface area contributed by atoms with Gasteiger partial charge in [0.05, 0.1) is 0 Å². The van der Waals surface area contributed by atoms with E-state index >= 15 is 0 Å². The van der Waals surface area contributed by atoms with Crippen molar-refractivity contribution in [2.75, 3.05) is 13.1 Å². The fourth-order valence-electron chi connectivity index (χ4n) is 3.06. The predicted octanol–water partition coefficient (Wildman–Crippen LogP) is 4.68. The van der Waals surface area contributed by atoms with Crippen LogP contribution in [-0.4, -0.2) is 29.8 Å². The first-order valence-corrected chi connectivity index (χ1v) is 8.53. The molecule has 0 radical (unpaired) electrons. The van der Waals surface area contributed by atoms with Crippen LogP contribution < -0.4 is 0 Å². The van der Waals surface area contributed by atoms with Crippen molar-refractivity contribution in [3.05, 3.63) is 34.3 Å². The van der Waals surface area contributed by atoms with Gasteiger partial charge in [-0.15, -0.1) is 0 Å². The van der Waals surface area contributed by atoms with Crippen LogP contribution in [0.3, 0.4) is 0 Å². The van der Waals surface area contributed by atoms with Gasteiger partial charge in [0.15, 0.2) is 5.78 Å². The average molecular weight is 338 g/mol. The van der Waals surface area contributed by atoms with Gasteiger partial charge in [-0.05, 0) is 31.9 Å². The second kappa shape index (κ2) is 7.94. The summed E-state index contributed by atoms with van der Waals surface area (Å²) in [5, 5.41) is 0. The molecule has 1 aromatic rings. The first-order chi connectivity index (χ1) is 9.72. The third-order valence-electron chi connectivity index (χ3n) is 4.27. The minimum Gasteiger partial charge on any atom is -0.300 e. The fraction of sp³-hybridized carbons (Fsp3) is 0.588. The van der Waals surface area contributed by atoms with Gasteiger partial charge in [0, 0.05) is 29.0 Å². The summed E-state index contributed by atoms with van der Waals surface area (Å²) in [6, 6.07) is 8.39. The Morgan fingerprint density at radius 2 is 2.10 bits per heavy atom. The molecule has 1 aliphatic heterocycles. The number of hydrogen-bond donors (Lipinski definition) is 0. The molecule has 2 rings (SSSR count). The third kappa shape index (κ3) is 4.16. The van der Waals surface area contributed by atoms with E-state index in [1.54, 1.807) is 0 Å². The zero-order valence-electron chi connectivity index (χ0n) is 12.3. The molecule has 1 aromatic carbocycles. The highest BCUT2D eigenvalue weighted by atomic mass is 79.9. The lowest BCUT2D eigenvalue weighted by atomic mass is 10.1. The number of ketones is 1. The van der Waals surface area contributed by atoms with Gasteiger partial charge in [-0.2, -0.15) is 0 Å². The number of likely N-dealkylation sites (tertiary alicyclic amines) is 1. The monoisotopic (exact) mass is 337 g/mol. The Morgan fingerprint density at radius 1 is 1.30 bits per heavy atom. The molecule has 0 amide bonds. The Hall–Kier alpha value is -0.670. The molecular formula is C17H24BrNO. The zero-order chi connectivity index (χ0) is 14.4. The second-order valence-electron chi connectivity index (χ2n) is 5.60. The molecule has 110 valence electrons. The number of carbonyl (C=O) groups is 1. The summed E-state index contributed by atoms with van der Waals surface area (Å²) in [6.07, 6.45) is 7.07. The molecule has 0 aliphatic carbocycles. The van der Waals surface area contributed by atoms with Gasteiger partial charge >= 0.3 is 0 Å². The number of benzene rings is 1. The van der Waals surface area contributed by atoms with E-state index in [2.05, 4.69) is 27.8 Å². The van der Waals surface area contributed by atoms with Gasteiger partial charge < -0.3 is 0 Å². The van der Waals surface area contributed by atoms with Crippen molar-refractivity contribution in [1.82, 2.24) is 4.90 Å². The highest BCUT2D eigenvalue weighted by molar-refractivity contribution is 9.10. The summed E-state index contributed by atoms with van der Waals surface area (Å²) in [6.45, 7) is 4.32. The molecule has 3 heteroatoms. The van der Waals surface area contributed by atoms with E-state index in [1.165, 1.54) is 32.1 Å². The van der Waals surface area contributed by atoms with Crippen LogP contribution >= 0.6 is 15.9 Å². The van der Waals surface area contributed by atoms with Gasteiger partial charge in [-0.3, -0.25) is 9.69 Å². The Balaban J connectivity index is 1.93. The van der Waals surface area contributed by atoms with Crippen LogP contribution in [0.5, 0.6) is 0 Å². The quantitative estimate of drug-likeness (QED) is 0.727. The van der Waals surface area contributed by atoms with Crippen molar-refractivity contribution < 1.29 is 4.79 Å². The first-order valence-electron chi connectivity index (χ1n) is 7.74. The van der Waals surface area contributed by atoms with Crippen molar-refractivity contribution in [3.63, 3.8) is 0 Å². The van der Waals surface area contributed by atoms with Crippen molar-refractivity contribution in [1.29, 1.82) is 0 Å². The average Bonchev–Trinajstić information content (AvgIpc) is 2.70. The first kappa shape index (κ1) is 15.7. The number of hydrogen-bond acceptors (Lipinski definition) is 2. The lowest BCUT2D eigenvalue weighted by molar-refractivity contribution is 0.0948. The Bertz CT molecular complexity index is 446. The molecular weight excluding hydrogens is 314 g/mol. The van der Waals surface area contributed by atoms with Crippen LogP contribution in [0.1, 0.15) is 55.8 Å². The van der Waals surface area contributed by atoms with Crippen molar-refractivity contribution in [2.45, 2.75) is 51.5 Å². The summed E-state index contributed by atoms with van der Waals surface area (Å²) >= 11 is 3.47. The van der Waals surface area contributed by atoms with E-state index in [-0.39, 0.29) is 5.78 Å². The van der Waals surface area contributed by atoms with Crippen LogP contribution in [0.4, 0.5) is 0 Å². The summed E-state index contributed by atoms with van der Waals surface area (Å²) < 4.78 is 0.910. The van der Waals surface area contributed by atoms with Crippen LogP contribution in [0.15, 0.2) is 28.7 Å². The van der Waals surface area contributed by atoms with Crippen LogP contribution in [0.25, 0.3) is 0 Å². The SMILES string of the molecule is CCC1CCCCCN1CCC(=O)c1ccccc1Br. The Kier molecular flexibility index (Phi) is 6.24. The Labute approximate surface area is 130 Å². The Morgan fingerprint density at radius 3 is 2.85 bits per heavy atom. The van der Waals surface area contributed by atoms with E-state index in [9.17, 15) is 4.79 Å². The molecule has 0 aromatic heterocycles. The van der Waals surface area contributed by atoms with E-state index in [0.29, 0.717) is 12.5 Å². The lowest BCUT2D eigenvalue weighted by Gasteiger charge is -2.28. The summed E-state index contributed by atoms with van der Waals surface area (Å²) in [5.74, 6) is 0.247. The molecule has 0 spiro atoms. The number of carbonyl (C=O) groups excluding carboxylic acids is 1. The van der Waals surface area contributed by atoms with Crippen LogP contribution in [-0.2, 0) is 0 Å². The molecule has 1 saturated heterocycles. The van der Waals surface area contributed by atoms with Crippen molar-refractivity contribution >= 4 is 21.7 Å². The standard InChI is InChI=1S/C17H24BrNO/c1-2-14-8-4-3-7-12-19(14)13-11-17(20)15-9-5-6-10-16(15)18/h5-6,9-10,14H,2-4,7-8,11-13H2,1H3. The largest absolute Gasteiger partial charge is 0.300 e.